The van der Waals surface area contributed by atoms with Gasteiger partial charge in [0.15, 0.2) is 0 Å². The molecule has 0 amide bonds. The standard InChI is InChI=1S/C15H14ClN.C10H18N2.C4H10/c1-2-10-7-8-12-14(9-10)17-13-6-4-3-5-11(13)15(12)16;1-9(2)12-7-6-11(3)10(8-12)4-5-10;1-3-4-2/h2,7-9H,1,3-6H2;1,4-8H2,2-3H3;3-4H2,1-2H3. The second-order valence-corrected chi connectivity index (χ2v) is 10.2. The highest BCUT2D eigenvalue weighted by atomic mass is 35.5. The Kier molecular flexibility index (Phi) is 9.01. The molecule has 4 heteroatoms. The molecule has 2 fully saturated rings. The van der Waals surface area contributed by atoms with Crippen molar-refractivity contribution in [1.29, 1.82) is 0 Å². The second kappa shape index (κ2) is 11.5. The molecule has 1 saturated heterocycles. The molecular formula is C29H42ClN3. The van der Waals surface area contributed by atoms with Gasteiger partial charge in [-0.15, -0.1) is 0 Å². The van der Waals surface area contributed by atoms with Crippen molar-refractivity contribution < 1.29 is 0 Å². The van der Waals surface area contributed by atoms with E-state index in [1.807, 2.05) is 12.1 Å². The molecule has 1 saturated carbocycles. The zero-order valence-corrected chi connectivity index (χ0v) is 22.0. The van der Waals surface area contributed by atoms with Gasteiger partial charge in [0.1, 0.15) is 0 Å². The van der Waals surface area contributed by atoms with Crippen molar-refractivity contribution in [1.82, 2.24) is 14.8 Å². The normalized spacial score (nSPS) is 18.5. The molecule has 2 aliphatic carbocycles. The molecule has 1 aliphatic heterocycles. The maximum atomic E-state index is 6.49. The average molecular weight is 468 g/mol. The number of likely N-dealkylation sites (N-methyl/N-ethyl adjacent to an activating group) is 1. The van der Waals surface area contributed by atoms with Gasteiger partial charge in [-0.2, -0.15) is 0 Å². The van der Waals surface area contributed by atoms with Crippen LogP contribution in [0.4, 0.5) is 0 Å². The number of piperazine rings is 1. The third-order valence-corrected chi connectivity index (χ3v) is 7.75. The third kappa shape index (κ3) is 6.19. The molecule has 1 spiro atoms. The number of allylic oxidation sites excluding steroid dienone is 1. The van der Waals surface area contributed by atoms with Gasteiger partial charge < -0.3 is 4.90 Å². The monoisotopic (exact) mass is 467 g/mol. The van der Waals surface area contributed by atoms with Crippen LogP contribution in [0, 0.1) is 0 Å². The van der Waals surface area contributed by atoms with Gasteiger partial charge in [0.05, 0.1) is 10.5 Å². The van der Waals surface area contributed by atoms with Gasteiger partial charge in [-0.1, -0.05) is 69.7 Å². The Morgan fingerprint density at radius 1 is 1.15 bits per heavy atom. The van der Waals surface area contributed by atoms with Gasteiger partial charge in [0.2, 0.25) is 0 Å². The van der Waals surface area contributed by atoms with E-state index in [0.717, 1.165) is 40.9 Å². The number of unbranched alkanes of at least 4 members (excludes halogenated alkanes) is 1. The zero-order chi connectivity index (χ0) is 24.0. The van der Waals surface area contributed by atoms with Crippen LogP contribution in [0.1, 0.15) is 76.1 Å². The van der Waals surface area contributed by atoms with Crippen molar-refractivity contribution in [3.63, 3.8) is 0 Å². The van der Waals surface area contributed by atoms with E-state index < -0.39 is 0 Å². The number of hydrogen-bond donors (Lipinski definition) is 0. The molecule has 0 atom stereocenters. The molecule has 0 radical (unpaired) electrons. The summed E-state index contributed by atoms with van der Waals surface area (Å²) in [5.41, 5.74) is 6.31. The Balaban J connectivity index is 0.000000167. The van der Waals surface area contributed by atoms with Crippen LogP contribution in [0.15, 0.2) is 37.1 Å². The maximum Gasteiger partial charge on any atom is 0.0726 e. The summed E-state index contributed by atoms with van der Waals surface area (Å²) >= 11 is 6.49. The lowest BCUT2D eigenvalue weighted by Gasteiger charge is -2.41. The largest absolute Gasteiger partial charge is 0.372 e. The lowest BCUT2D eigenvalue weighted by molar-refractivity contribution is 0.103. The van der Waals surface area contributed by atoms with Gasteiger partial charge in [-0.3, -0.25) is 9.88 Å². The highest BCUT2D eigenvalue weighted by molar-refractivity contribution is 6.36. The summed E-state index contributed by atoms with van der Waals surface area (Å²) in [6, 6.07) is 6.15. The molecule has 1 aromatic carbocycles. The van der Waals surface area contributed by atoms with E-state index in [1.54, 1.807) is 0 Å². The van der Waals surface area contributed by atoms with Gasteiger partial charge in [-0.05, 0) is 69.7 Å². The highest BCUT2D eigenvalue weighted by Crippen LogP contribution is 2.43. The molecule has 3 nitrogen and oxygen atoms in total. The summed E-state index contributed by atoms with van der Waals surface area (Å²) in [4.78, 5) is 9.70. The zero-order valence-electron chi connectivity index (χ0n) is 21.2. The molecule has 0 bridgehead atoms. The molecular weight excluding hydrogens is 426 g/mol. The fourth-order valence-corrected chi connectivity index (χ4v) is 4.95. The number of hydrogen-bond acceptors (Lipinski definition) is 3. The van der Waals surface area contributed by atoms with Crippen LogP contribution in [0.2, 0.25) is 5.02 Å². The first-order chi connectivity index (χ1) is 15.8. The molecule has 0 N–H and O–H groups in total. The van der Waals surface area contributed by atoms with E-state index in [-0.39, 0.29) is 0 Å². The number of aryl methyl sites for hydroxylation is 1. The third-order valence-electron chi connectivity index (χ3n) is 7.32. The molecule has 2 heterocycles. The van der Waals surface area contributed by atoms with E-state index in [4.69, 9.17) is 16.6 Å². The first kappa shape index (κ1) is 25.8. The van der Waals surface area contributed by atoms with Crippen LogP contribution in [0.5, 0.6) is 0 Å². The smallest absolute Gasteiger partial charge is 0.0726 e. The predicted octanol–water partition coefficient (Wildman–Crippen LogP) is 7.52. The summed E-state index contributed by atoms with van der Waals surface area (Å²) in [6.45, 7) is 17.8. The van der Waals surface area contributed by atoms with Crippen LogP contribution in [0.25, 0.3) is 17.0 Å². The van der Waals surface area contributed by atoms with E-state index in [0.29, 0.717) is 5.54 Å². The summed E-state index contributed by atoms with van der Waals surface area (Å²) in [6.07, 6.45) is 11.8. The van der Waals surface area contributed by atoms with Crippen molar-refractivity contribution in [3.05, 3.63) is 58.9 Å². The number of pyridine rings is 1. The number of fused-ring (bicyclic) bond motifs is 2. The molecule has 3 aliphatic rings. The minimum absolute atomic E-state index is 0.539. The second-order valence-electron chi connectivity index (χ2n) is 9.84. The molecule has 0 unspecified atom stereocenters. The number of benzene rings is 1. The van der Waals surface area contributed by atoms with E-state index in [1.165, 1.54) is 68.6 Å². The van der Waals surface area contributed by atoms with Gasteiger partial charge in [0, 0.05) is 42.0 Å². The van der Waals surface area contributed by atoms with Crippen LogP contribution in [0.3, 0.4) is 0 Å². The summed E-state index contributed by atoms with van der Waals surface area (Å²) in [5, 5.41) is 1.97. The Bertz CT molecular complexity index is 974. The molecule has 33 heavy (non-hydrogen) atoms. The fraction of sp³-hybridized carbons (Fsp3) is 0.552. The lowest BCUT2D eigenvalue weighted by atomic mass is 9.94. The Labute approximate surface area is 206 Å². The van der Waals surface area contributed by atoms with E-state index in [9.17, 15) is 0 Å². The minimum Gasteiger partial charge on any atom is -0.372 e. The van der Waals surface area contributed by atoms with Crippen LogP contribution >= 0.6 is 11.6 Å². The SMILES string of the molecule is C=C(C)N1CCN(C)C2(CC2)C1.C=Cc1ccc2c(Cl)c3c(nc2c1)CCCC3.CCCC. The first-order valence-electron chi connectivity index (χ1n) is 12.7. The van der Waals surface area contributed by atoms with Crippen molar-refractivity contribution in [2.24, 2.45) is 0 Å². The van der Waals surface area contributed by atoms with Crippen LogP contribution < -0.4 is 0 Å². The highest BCUT2D eigenvalue weighted by Gasteiger charge is 2.49. The predicted molar refractivity (Wildman–Crippen MR) is 145 cm³/mol. The Morgan fingerprint density at radius 2 is 1.85 bits per heavy atom. The van der Waals surface area contributed by atoms with Crippen LogP contribution in [-0.2, 0) is 12.8 Å². The van der Waals surface area contributed by atoms with E-state index >= 15 is 0 Å². The summed E-state index contributed by atoms with van der Waals surface area (Å²) in [5.74, 6) is 0. The van der Waals surface area contributed by atoms with E-state index in [2.05, 4.69) is 62.9 Å². The van der Waals surface area contributed by atoms with Gasteiger partial charge >= 0.3 is 0 Å². The van der Waals surface area contributed by atoms with Crippen molar-refractivity contribution in [2.75, 3.05) is 26.7 Å². The maximum absolute atomic E-state index is 6.49. The van der Waals surface area contributed by atoms with Crippen molar-refractivity contribution in [3.8, 4) is 0 Å². The fourth-order valence-electron chi connectivity index (χ4n) is 4.58. The Hall–Kier alpha value is -1.84. The average Bonchev–Trinajstić information content (AvgIpc) is 3.61. The van der Waals surface area contributed by atoms with Crippen molar-refractivity contribution in [2.45, 2.75) is 77.7 Å². The first-order valence-corrected chi connectivity index (χ1v) is 13.1. The van der Waals surface area contributed by atoms with Crippen LogP contribution in [-0.4, -0.2) is 47.0 Å². The topological polar surface area (TPSA) is 19.4 Å². The molecule has 2 aromatic rings. The summed E-state index contributed by atoms with van der Waals surface area (Å²) in [7, 11) is 2.25. The Morgan fingerprint density at radius 3 is 2.45 bits per heavy atom. The van der Waals surface area contributed by atoms with Gasteiger partial charge in [0.25, 0.3) is 0 Å². The lowest BCUT2D eigenvalue weighted by Crippen LogP contribution is -2.52. The number of aromatic nitrogens is 1. The van der Waals surface area contributed by atoms with Crippen molar-refractivity contribution >= 4 is 28.6 Å². The minimum atomic E-state index is 0.539. The number of halogens is 1. The molecule has 180 valence electrons. The quantitative estimate of drug-likeness (QED) is 0.465. The molecule has 5 rings (SSSR count). The molecule has 1 aromatic heterocycles. The number of rotatable bonds is 3. The number of nitrogens with zero attached hydrogens (tertiary/aromatic N) is 3. The van der Waals surface area contributed by atoms with Gasteiger partial charge in [-0.25, -0.2) is 0 Å². The summed E-state index contributed by atoms with van der Waals surface area (Å²) < 4.78 is 0.